The summed E-state index contributed by atoms with van der Waals surface area (Å²) in [4.78, 5) is 44.0. The normalized spacial score (nSPS) is 16.8. The molecule has 0 fully saturated rings. The number of rotatable bonds is 8. The van der Waals surface area contributed by atoms with E-state index in [0.29, 0.717) is 23.3 Å². The molecule has 0 saturated heterocycles. The Kier molecular flexibility index (Phi) is 8.15. The fourth-order valence-corrected chi connectivity index (χ4v) is 5.64. The molecule has 0 aromatic heterocycles. The van der Waals surface area contributed by atoms with Crippen LogP contribution in [-0.4, -0.2) is 30.9 Å². The van der Waals surface area contributed by atoms with Gasteiger partial charge in [-0.3, -0.25) is 14.4 Å². The van der Waals surface area contributed by atoms with Crippen molar-refractivity contribution >= 4 is 29.1 Å². The quantitative estimate of drug-likeness (QED) is 0.299. The third-order valence-electron chi connectivity index (χ3n) is 7.66. The molecular weight excluding hydrogens is 514 g/mol. The molecule has 4 aromatic rings. The van der Waals surface area contributed by atoms with E-state index in [9.17, 15) is 14.4 Å². The Bertz CT molecular complexity index is 1520. The first-order chi connectivity index (χ1) is 19.9. The number of ether oxygens (including phenoxy) is 1. The number of primary amides is 1. The highest BCUT2D eigenvalue weighted by Gasteiger charge is 2.39. The maximum atomic E-state index is 14.2. The van der Waals surface area contributed by atoms with E-state index >= 15 is 0 Å². The minimum Gasteiger partial charge on any atom is -0.497 e. The van der Waals surface area contributed by atoms with Gasteiger partial charge < -0.3 is 20.3 Å². The van der Waals surface area contributed by atoms with Crippen LogP contribution in [0.3, 0.4) is 0 Å². The first kappa shape index (κ1) is 27.6. The summed E-state index contributed by atoms with van der Waals surface area (Å²) in [6.07, 6.45) is 0.432. The summed E-state index contributed by atoms with van der Waals surface area (Å²) in [6.45, 7) is 1.99. The van der Waals surface area contributed by atoms with Gasteiger partial charge in [0.1, 0.15) is 5.75 Å². The molecule has 0 aliphatic carbocycles. The lowest BCUT2D eigenvalue weighted by Crippen LogP contribution is -2.48. The predicted molar refractivity (Wildman–Crippen MR) is 160 cm³/mol. The van der Waals surface area contributed by atoms with Gasteiger partial charge in [-0.15, -0.1) is 0 Å². The Morgan fingerprint density at radius 3 is 2.12 bits per heavy atom. The molecule has 3 unspecified atom stereocenters. The van der Waals surface area contributed by atoms with Crippen molar-refractivity contribution in [2.24, 2.45) is 5.73 Å². The largest absolute Gasteiger partial charge is 0.497 e. The van der Waals surface area contributed by atoms with Gasteiger partial charge in [-0.1, -0.05) is 66.7 Å². The van der Waals surface area contributed by atoms with E-state index in [1.807, 2.05) is 91.9 Å². The topological polar surface area (TPSA) is 92.9 Å². The summed E-state index contributed by atoms with van der Waals surface area (Å²) < 4.78 is 5.26. The van der Waals surface area contributed by atoms with Crippen molar-refractivity contribution in [1.29, 1.82) is 0 Å². The predicted octanol–water partition coefficient (Wildman–Crippen LogP) is 5.87. The Morgan fingerprint density at radius 2 is 1.49 bits per heavy atom. The molecule has 1 heterocycles. The van der Waals surface area contributed by atoms with Crippen LogP contribution in [0, 0.1) is 0 Å². The van der Waals surface area contributed by atoms with Gasteiger partial charge in [0.25, 0.3) is 5.91 Å². The lowest BCUT2D eigenvalue weighted by atomic mass is 9.88. The molecule has 7 heteroatoms. The van der Waals surface area contributed by atoms with Crippen molar-refractivity contribution in [2.75, 3.05) is 16.9 Å². The fourth-order valence-electron chi connectivity index (χ4n) is 5.64. The van der Waals surface area contributed by atoms with E-state index in [4.69, 9.17) is 10.5 Å². The molecule has 0 radical (unpaired) electrons. The van der Waals surface area contributed by atoms with Crippen LogP contribution in [0.15, 0.2) is 109 Å². The molecule has 3 atom stereocenters. The van der Waals surface area contributed by atoms with Crippen molar-refractivity contribution in [3.8, 4) is 5.75 Å². The van der Waals surface area contributed by atoms with Crippen molar-refractivity contribution in [3.63, 3.8) is 0 Å². The molecule has 2 N–H and O–H groups in total. The van der Waals surface area contributed by atoms with E-state index in [1.54, 1.807) is 41.2 Å². The molecule has 208 valence electrons. The summed E-state index contributed by atoms with van der Waals surface area (Å²) in [5, 5.41) is 0. The molecule has 3 amide bonds. The number of fused-ring (bicyclic) bond motifs is 1. The average Bonchev–Trinajstić information content (AvgIpc) is 3.00. The number of anilines is 2. The smallest absolute Gasteiger partial charge is 0.258 e. The van der Waals surface area contributed by atoms with E-state index in [0.717, 1.165) is 16.9 Å². The third kappa shape index (κ3) is 5.70. The fraction of sp³-hybridized carbons (Fsp3) is 0.206. The highest BCUT2D eigenvalue weighted by Crippen LogP contribution is 2.43. The van der Waals surface area contributed by atoms with Crippen LogP contribution in [0.2, 0.25) is 0 Å². The molecule has 41 heavy (non-hydrogen) atoms. The van der Waals surface area contributed by atoms with Gasteiger partial charge in [0, 0.05) is 29.4 Å². The van der Waals surface area contributed by atoms with Crippen molar-refractivity contribution in [1.82, 2.24) is 0 Å². The second-order valence-electron chi connectivity index (χ2n) is 10.2. The zero-order valence-electron chi connectivity index (χ0n) is 23.1. The Morgan fingerprint density at radius 1 is 0.878 bits per heavy atom. The lowest BCUT2D eigenvalue weighted by Gasteiger charge is -2.44. The number of methoxy groups -OCH3 is 1. The minimum atomic E-state index is -0.765. The first-order valence-electron chi connectivity index (χ1n) is 13.7. The SMILES string of the molecule is COc1ccc(C(=O)N2c3ccccc3C(N(C(=O)CC(C(N)=O)c3ccccc3)c3ccccc3)CC2C)cc1. The number of para-hydroxylation sites is 2. The number of hydrogen-bond acceptors (Lipinski definition) is 4. The molecule has 0 saturated carbocycles. The van der Waals surface area contributed by atoms with Crippen LogP contribution >= 0.6 is 0 Å². The highest BCUT2D eigenvalue weighted by atomic mass is 16.5. The lowest BCUT2D eigenvalue weighted by molar-refractivity contribution is -0.125. The van der Waals surface area contributed by atoms with E-state index < -0.39 is 11.8 Å². The summed E-state index contributed by atoms with van der Waals surface area (Å²) in [6, 6.07) is 32.8. The monoisotopic (exact) mass is 547 g/mol. The number of carbonyl (C=O) groups excluding carboxylic acids is 3. The van der Waals surface area contributed by atoms with Crippen LogP contribution in [-0.2, 0) is 9.59 Å². The van der Waals surface area contributed by atoms with Crippen molar-refractivity contribution in [2.45, 2.75) is 37.8 Å². The van der Waals surface area contributed by atoms with E-state index in [2.05, 4.69) is 0 Å². The molecule has 1 aliphatic rings. The maximum Gasteiger partial charge on any atom is 0.258 e. The van der Waals surface area contributed by atoms with Gasteiger partial charge in [-0.25, -0.2) is 0 Å². The summed E-state index contributed by atoms with van der Waals surface area (Å²) >= 11 is 0. The van der Waals surface area contributed by atoms with Gasteiger partial charge in [-0.05, 0) is 66.9 Å². The number of amides is 3. The second-order valence-corrected chi connectivity index (χ2v) is 10.2. The Balaban J connectivity index is 1.53. The third-order valence-corrected chi connectivity index (χ3v) is 7.66. The van der Waals surface area contributed by atoms with Crippen LogP contribution in [0.25, 0.3) is 0 Å². The van der Waals surface area contributed by atoms with Crippen molar-refractivity contribution < 1.29 is 19.1 Å². The molecule has 1 aliphatic heterocycles. The zero-order chi connectivity index (χ0) is 28.9. The van der Waals surface area contributed by atoms with Crippen LogP contribution in [0.1, 0.15) is 53.2 Å². The van der Waals surface area contributed by atoms with Crippen LogP contribution in [0.4, 0.5) is 11.4 Å². The molecule has 4 aromatic carbocycles. The van der Waals surface area contributed by atoms with Crippen LogP contribution in [0.5, 0.6) is 5.75 Å². The Hall–Kier alpha value is -4.91. The molecule has 7 nitrogen and oxygen atoms in total. The molecule has 0 spiro atoms. The average molecular weight is 548 g/mol. The number of nitrogens with zero attached hydrogens (tertiary/aromatic N) is 2. The number of hydrogen-bond donors (Lipinski definition) is 1. The molecule has 5 rings (SSSR count). The second kappa shape index (κ2) is 12.1. The first-order valence-corrected chi connectivity index (χ1v) is 13.7. The molecule has 0 bridgehead atoms. The van der Waals surface area contributed by atoms with Crippen molar-refractivity contribution in [3.05, 3.63) is 126 Å². The summed E-state index contributed by atoms with van der Waals surface area (Å²) in [5.41, 5.74) is 9.38. The Labute approximate surface area is 240 Å². The summed E-state index contributed by atoms with van der Waals surface area (Å²) in [5.74, 6) is -0.978. The zero-order valence-corrected chi connectivity index (χ0v) is 23.1. The maximum absolute atomic E-state index is 14.2. The highest BCUT2D eigenvalue weighted by molar-refractivity contribution is 6.08. The van der Waals surface area contributed by atoms with Gasteiger partial charge in [-0.2, -0.15) is 0 Å². The molecular formula is C34H33N3O4. The number of carbonyl (C=O) groups is 3. The van der Waals surface area contributed by atoms with E-state index in [1.165, 1.54) is 0 Å². The number of nitrogens with two attached hydrogens (primary N) is 1. The number of benzene rings is 4. The standard InChI is InChI=1S/C34H33N3O4/c1-23-21-31(28-15-9-10-16-30(28)36(23)34(40)25-17-19-27(41-2)20-18-25)37(26-13-7-4-8-14-26)32(38)22-29(33(35)39)24-11-5-3-6-12-24/h3-20,23,29,31H,21-22H2,1-2H3,(H2,35,39). The van der Waals surface area contributed by atoms with Gasteiger partial charge in [0.05, 0.1) is 19.1 Å². The van der Waals surface area contributed by atoms with Gasteiger partial charge in [0.2, 0.25) is 11.8 Å². The van der Waals surface area contributed by atoms with Gasteiger partial charge in [0.15, 0.2) is 0 Å². The van der Waals surface area contributed by atoms with Gasteiger partial charge >= 0.3 is 0 Å². The van der Waals surface area contributed by atoms with E-state index in [-0.39, 0.29) is 30.3 Å². The van der Waals surface area contributed by atoms with Crippen LogP contribution < -0.4 is 20.3 Å². The minimum absolute atomic E-state index is 0.0736. The summed E-state index contributed by atoms with van der Waals surface area (Å²) in [7, 11) is 1.59.